The Kier molecular flexibility index (Phi) is 2.68. The van der Waals surface area contributed by atoms with E-state index in [1.54, 1.807) is 0 Å². The fourth-order valence-electron chi connectivity index (χ4n) is 3.36. The third-order valence-electron chi connectivity index (χ3n) is 5.03. The molecule has 1 aromatic carbocycles. The molecule has 3 saturated heterocycles. The second-order valence-corrected chi connectivity index (χ2v) is 6.13. The first kappa shape index (κ1) is 12.4. The average molecular weight is 270 g/mol. The molecule has 1 saturated carbocycles. The Morgan fingerprint density at radius 3 is 2.05 bits per heavy atom. The van der Waals surface area contributed by atoms with Gasteiger partial charge >= 0.3 is 5.97 Å². The van der Waals surface area contributed by atoms with Gasteiger partial charge in [-0.15, -0.1) is 6.42 Å². The minimum absolute atomic E-state index is 0.0821. The molecule has 0 unspecified atom stereocenters. The lowest BCUT2D eigenvalue weighted by Gasteiger charge is -2.56. The second-order valence-electron chi connectivity index (χ2n) is 6.13. The molecule has 104 valence electrons. The van der Waals surface area contributed by atoms with Crippen LogP contribution in [0.5, 0.6) is 0 Å². The van der Waals surface area contributed by atoms with Crippen LogP contribution in [0, 0.1) is 23.7 Å². The minimum atomic E-state index is -1.02. The highest BCUT2D eigenvalue weighted by Crippen LogP contribution is 2.52. The van der Waals surface area contributed by atoms with E-state index in [1.165, 1.54) is 19.3 Å². The smallest absolute Gasteiger partial charge is 0.312 e. The number of terminal acetylenes is 1. The molecule has 3 nitrogen and oxygen atoms in total. The standard InChI is InChI=1S/C17H18O3/c1-2-13-6-8-15(9-7-13)17-18-10-16(11-19-17,12-20-17)14-4-3-5-14/h1,6-9,14H,3-5,10-12H2. The summed E-state index contributed by atoms with van der Waals surface area (Å²) in [6, 6.07) is 7.64. The highest BCUT2D eigenvalue weighted by atomic mass is 16.9. The Bertz CT molecular complexity index is 526. The van der Waals surface area contributed by atoms with Crippen molar-refractivity contribution in [3.8, 4) is 12.3 Å². The minimum Gasteiger partial charge on any atom is -0.323 e. The SMILES string of the molecule is C#Cc1ccc(C23OCC(C4CCC4)(CO2)CO3)cc1. The van der Waals surface area contributed by atoms with Crippen LogP contribution in [-0.2, 0) is 20.2 Å². The number of rotatable bonds is 2. The van der Waals surface area contributed by atoms with E-state index in [-0.39, 0.29) is 5.41 Å². The Balaban J connectivity index is 1.57. The van der Waals surface area contributed by atoms with E-state index in [1.807, 2.05) is 24.3 Å². The summed E-state index contributed by atoms with van der Waals surface area (Å²) < 4.78 is 18.0. The molecular formula is C17H18O3. The van der Waals surface area contributed by atoms with E-state index in [2.05, 4.69) is 5.92 Å². The molecular weight excluding hydrogens is 252 g/mol. The first-order valence-electron chi connectivity index (χ1n) is 7.25. The lowest BCUT2D eigenvalue weighted by molar-refractivity contribution is -0.487. The topological polar surface area (TPSA) is 27.7 Å². The van der Waals surface area contributed by atoms with Gasteiger partial charge in [-0.25, -0.2) is 0 Å². The summed E-state index contributed by atoms with van der Waals surface area (Å²) in [5.41, 5.74) is 1.82. The Morgan fingerprint density at radius 1 is 1.00 bits per heavy atom. The van der Waals surface area contributed by atoms with Gasteiger partial charge in [-0.2, -0.15) is 0 Å². The average Bonchev–Trinajstić information content (AvgIpc) is 2.47. The summed E-state index contributed by atoms with van der Waals surface area (Å²) >= 11 is 0. The molecule has 0 aromatic heterocycles. The fourth-order valence-corrected chi connectivity index (χ4v) is 3.36. The summed E-state index contributed by atoms with van der Waals surface area (Å²) in [6.07, 6.45) is 9.26. The van der Waals surface area contributed by atoms with Gasteiger partial charge in [-0.1, -0.05) is 12.3 Å². The fraction of sp³-hybridized carbons (Fsp3) is 0.529. The van der Waals surface area contributed by atoms with Gasteiger partial charge in [0, 0.05) is 16.5 Å². The lowest BCUT2D eigenvalue weighted by atomic mass is 9.65. The predicted molar refractivity (Wildman–Crippen MR) is 73.7 cm³/mol. The van der Waals surface area contributed by atoms with Gasteiger partial charge in [0.25, 0.3) is 0 Å². The molecule has 20 heavy (non-hydrogen) atoms. The van der Waals surface area contributed by atoms with Gasteiger partial charge in [-0.05, 0) is 43.0 Å². The maximum absolute atomic E-state index is 5.99. The van der Waals surface area contributed by atoms with Crippen LogP contribution in [0.15, 0.2) is 24.3 Å². The first-order valence-corrected chi connectivity index (χ1v) is 7.25. The van der Waals surface area contributed by atoms with Crippen LogP contribution < -0.4 is 0 Å². The van der Waals surface area contributed by atoms with E-state index < -0.39 is 5.97 Å². The van der Waals surface area contributed by atoms with Gasteiger partial charge in [0.1, 0.15) is 0 Å². The molecule has 2 bridgehead atoms. The second kappa shape index (κ2) is 4.33. The quantitative estimate of drug-likeness (QED) is 0.773. The van der Waals surface area contributed by atoms with Crippen molar-refractivity contribution < 1.29 is 14.2 Å². The monoisotopic (exact) mass is 270 g/mol. The molecule has 1 aromatic rings. The van der Waals surface area contributed by atoms with Crippen molar-refractivity contribution in [1.82, 2.24) is 0 Å². The van der Waals surface area contributed by atoms with Gasteiger partial charge in [0.2, 0.25) is 0 Å². The zero-order valence-corrected chi connectivity index (χ0v) is 11.4. The zero-order valence-electron chi connectivity index (χ0n) is 11.4. The predicted octanol–water partition coefficient (Wildman–Crippen LogP) is 2.64. The van der Waals surface area contributed by atoms with E-state index >= 15 is 0 Å². The molecule has 0 atom stereocenters. The zero-order chi connectivity index (χ0) is 13.6. The van der Waals surface area contributed by atoms with Crippen LogP contribution in [0.3, 0.4) is 0 Å². The van der Waals surface area contributed by atoms with Crippen molar-refractivity contribution >= 4 is 0 Å². The largest absolute Gasteiger partial charge is 0.323 e. The van der Waals surface area contributed by atoms with Crippen molar-refractivity contribution in [2.75, 3.05) is 19.8 Å². The van der Waals surface area contributed by atoms with Crippen molar-refractivity contribution in [3.63, 3.8) is 0 Å². The normalized spacial score (nSPS) is 36.4. The maximum Gasteiger partial charge on any atom is 0.312 e. The molecule has 0 spiro atoms. The van der Waals surface area contributed by atoms with Gasteiger partial charge in [-0.3, -0.25) is 0 Å². The molecule has 3 aliphatic heterocycles. The number of benzene rings is 1. The molecule has 0 amide bonds. The Labute approximate surface area is 119 Å². The van der Waals surface area contributed by atoms with Gasteiger partial charge in [0.05, 0.1) is 19.8 Å². The van der Waals surface area contributed by atoms with E-state index in [9.17, 15) is 0 Å². The van der Waals surface area contributed by atoms with Crippen LogP contribution in [0.4, 0.5) is 0 Å². The van der Waals surface area contributed by atoms with Crippen LogP contribution in [0.2, 0.25) is 0 Å². The van der Waals surface area contributed by atoms with E-state index in [4.69, 9.17) is 20.6 Å². The molecule has 3 heteroatoms. The molecule has 0 N–H and O–H groups in total. The summed E-state index contributed by atoms with van der Waals surface area (Å²) in [6.45, 7) is 2.19. The molecule has 4 fully saturated rings. The molecule has 4 aliphatic rings. The maximum atomic E-state index is 5.99. The third-order valence-corrected chi connectivity index (χ3v) is 5.03. The van der Waals surface area contributed by atoms with Crippen molar-refractivity contribution in [3.05, 3.63) is 35.4 Å². The lowest BCUT2D eigenvalue weighted by Crippen LogP contribution is -2.61. The molecule has 3 heterocycles. The van der Waals surface area contributed by atoms with Crippen LogP contribution in [-0.4, -0.2) is 19.8 Å². The third kappa shape index (κ3) is 1.66. The summed E-state index contributed by atoms with van der Waals surface area (Å²) in [5.74, 6) is 2.29. The summed E-state index contributed by atoms with van der Waals surface area (Å²) in [7, 11) is 0. The molecule has 5 rings (SSSR count). The highest BCUT2D eigenvalue weighted by molar-refractivity contribution is 5.35. The summed E-state index contributed by atoms with van der Waals surface area (Å²) in [4.78, 5) is 0. The van der Waals surface area contributed by atoms with E-state index in [0.29, 0.717) is 5.92 Å². The molecule has 1 aliphatic carbocycles. The number of fused-ring (bicyclic) bond motifs is 3. The van der Waals surface area contributed by atoms with Crippen LogP contribution in [0.25, 0.3) is 0 Å². The number of hydrogen-bond acceptors (Lipinski definition) is 3. The van der Waals surface area contributed by atoms with Crippen molar-refractivity contribution in [2.24, 2.45) is 11.3 Å². The van der Waals surface area contributed by atoms with Crippen LogP contribution in [0.1, 0.15) is 30.4 Å². The van der Waals surface area contributed by atoms with Gasteiger partial charge in [0.15, 0.2) is 0 Å². The van der Waals surface area contributed by atoms with E-state index in [0.717, 1.165) is 30.9 Å². The highest BCUT2D eigenvalue weighted by Gasteiger charge is 2.57. The molecule has 0 radical (unpaired) electrons. The first-order chi connectivity index (χ1) is 9.76. The Morgan fingerprint density at radius 2 is 1.60 bits per heavy atom. The summed E-state index contributed by atoms with van der Waals surface area (Å²) in [5, 5.41) is 0. The van der Waals surface area contributed by atoms with Crippen molar-refractivity contribution in [2.45, 2.75) is 25.2 Å². The van der Waals surface area contributed by atoms with Crippen LogP contribution >= 0.6 is 0 Å². The number of hydrogen-bond donors (Lipinski definition) is 0. The van der Waals surface area contributed by atoms with Gasteiger partial charge < -0.3 is 14.2 Å². The van der Waals surface area contributed by atoms with Crippen molar-refractivity contribution in [1.29, 1.82) is 0 Å². The Hall–Kier alpha value is -1.34. The number of ether oxygens (including phenoxy) is 3.